The minimum absolute atomic E-state index is 0.265. The van der Waals surface area contributed by atoms with E-state index in [2.05, 4.69) is 26.7 Å². The Morgan fingerprint density at radius 3 is 2.85 bits per heavy atom. The van der Waals surface area contributed by atoms with Gasteiger partial charge in [0.1, 0.15) is 5.82 Å². The van der Waals surface area contributed by atoms with E-state index in [1.807, 2.05) is 0 Å². The van der Waals surface area contributed by atoms with Crippen molar-refractivity contribution in [3.63, 3.8) is 0 Å². The smallest absolute Gasteiger partial charge is 0.356 e. The molecule has 3 rings (SSSR count). The second-order valence-corrected chi connectivity index (χ2v) is 5.90. The van der Waals surface area contributed by atoms with Crippen molar-refractivity contribution in [1.29, 1.82) is 0 Å². The Morgan fingerprint density at radius 2 is 2.15 bits per heavy atom. The summed E-state index contributed by atoms with van der Waals surface area (Å²) in [5.74, 6) is 0.574. The number of aromatic nitrogens is 2. The molecule has 1 unspecified atom stereocenters. The van der Waals surface area contributed by atoms with Crippen LogP contribution in [0.1, 0.15) is 35.4 Å². The average molecular weight is 278 g/mol. The molecule has 0 spiro atoms. The number of hydrogen-bond donors (Lipinski definition) is 2. The molecule has 0 aromatic carbocycles. The van der Waals surface area contributed by atoms with Crippen LogP contribution in [0.3, 0.4) is 0 Å². The number of nitrogens with zero attached hydrogens (tertiary/aromatic N) is 3. The molecule has 1 fully saturated rings. The first kappa shape index (κ1) is 13.6. The minimum atomic E-state index is -0.894. The molecule has 0 amide bonds. The maximum Gasteiger partial charge on any atom is 0.356 e. The minimum Gasteiger partial charge on any atom is -0.476 e. The summed E-state index contributed by atoms with van der Waals surface area (Å²) in [6, 6.07) is 0. The van der Waals surface area contributed by atoms with Crippen LogP contribution in [0.15, 0.2) is 0 Å². The molecular weight excluding hydrogens is 256 g/mol. The molecule has 6 nitrogen and oxygen atoms in total. The van der Waals surface area contributed by atoms with Crippen molar-refractivity contribution in [1.82, 2.24) is 19.8 Å². The SMILES string of the molecule is CC1CCn2c(CN3CCNCC3)nc(C(=O)O)c2C1. The zero-order chi connectivity index (χ0) is 14.1. The zero-order valence-corrected chi connectivity index (χ0v) is 11.9. The molecule has 2 N–H and O–H groups in total. The van der Waals surface area contributed by atoms with E-state index in [4.69, 9.17) is 0 Å². The van der Waals surface area contributed by atoms with Gasteiger partial charge in [0.15, 0.2) is 5.69 Å². The fraction of sp³-hybridized carbons (Fsp3) is 0.714. The molecule has 0 bridgehead atoms. The fourth-order valence-electron chi connectivity index (χ4n) is 3.15. The van der Waals surface area contributed by atoms with Gasteiger partial charge in [-0.1, -0.05) is 6.92 Å². The Labute approximate surface area is 118 Å². The van der Waals surface area contributed by atoms with Crippen LogP contribution < -0.4 is 5.32 Å². The Balaban J connectivity index is 1.87. The second kappa shape index (κ2) is 5.54. The van der Waals surface area contributed by atoms with Gasteiger partial charge in [-0.2, -0.15) is 0 Å². The lowest BCUT2D eigenvalue weighted by Crippen LogP contribution is -2.43. The Hall–Kier alpha value is -1.40. The number of fused-ring (bicyclic) bond motifs is 1. The standard InChI is InChI=1S/C14H22N4O2/c1-10-2-5-18-11(8-10)13(14(19)20)16-12(18)9-17-6-3-15-4-7-17/h10,15H,2-9H2,1H3,(H,19,20). The molecule has 1 saturated heterocycles. The van der Waals surface area contributed by atoms with E-state index >= 15 is 0 Å². The van der Waals surface area contributed by atoms with Crippen LogP contribution in [0.4, 0.5) is 0 Å². The van der Waals surface area contributed by atoms with Gasteiger partial charge in [-0.05, 0) is 18.8 Å². The molecule has 3 heterocycles. The van der Waals surface area contributed by atoms with Gasteiger partial charge >= 0.3 is 5.97 Å². The zero-order valence-electron chi connectivity index (χ0n) is 11.9. The lowest BCUT2D eigenvalue weighted by molar-refractivity contribution is 0.0688. The van der Waals surface area contributed by atoms with Gasteiger partial charge in [-0.3, -0.25) is 4.90 Å². The first-order chi connectivity index (χ1) is 9.65. The molecular formula is C14H22N4O2. The van der Waals surface area contributed by atoms with Crippen LogP contribution in [0.25, 0.3) is 0 Å². The van der Waals surface area contributed by atoms with Gasteiger partial charge in [0.2, 0.25) is 0 Å². The summed E-state index contributed by atoms with van der Waals surface area (Å²) in [6.07, 6.45) is 1.94. The highest BCUT2D eigenvalue weighted by molar-refractivity contribution is 5.87. The van der Waals surface area contributed by atoms with E-state index in [9.17, 15) is 9.90 Å². The summed E-state index contributed by atoms with van der Waals surface area (Å²) in [4.78, 5) is 18.1. The average Bonchev–Trinajstić information content (AvgIpc) is 2.78. The normalized spacial score (nSPS) is 23.6. The summed E-state index contributed by atoms with van der Waals surface area (Å²) in [6.45, 7) is 7.83. The quantitative estimate of drug-likeness (QED) is 0.846. The molecule has 0 saturated carbocycles. The molecule has 1 aromatic rings. The van der Waals surface area contributed by atoms with Gasteiger partial charge in [-0.25, -0.2) is 9.78 Å². The molecule has 110 valence electrons. The van der Waals surface area contributed by atoms with Gasteiger partial charge in [0.25, 0.3) is 0 Å². The molecule has 0 aliphatic carbocycles. The van der Waals surface area contributed by atoms with Crippen molar-refractivity contribution in [3.8, 4) is 0 Å². The molecule has 0 radical (unpaired) electrons. The van der Waals surface area contributed by atoms with E-state index < -0.39 is 5.97 Å². The number of piperazine rings is 1. The maximum atomic E-state index is 11.4. The molecule has 2 aliphatic rings. The number of aromatic carboxylic acids is 1. The number of hydrogen-bond acceptors (Lipinski definition) is 4. The molecule has 1 atom stereocenters. The number of carboxylic acids is 1. The molecule has 2 aliphatic heterocycles. The first-order valence-corrected chi connectivity index (χ1v) is 7.40. The lowest BCUT2D eigenvalue weighted by atomic mass is 9.97. The number of nitrogens with one attached hydrogen (secondary N) is 1. The van der Waals surface area contributed by atoms with Crippen LogP contribution in [-0.4, -0.2) is 51.7 Å². The van der Waals surface area contributed by atoms with Crippen molar-refractivity contribution in [2.24, 2.45) is 5.92 Å². The predicted molar refractivity (Wildman–Crippen MR) is 74.8 cm³/mol. The maximum absolute atomic E-state index is 11.4. The topological polar surface area (TPSA) is 70.4 Å². The third-order valence-corrected chi connectivity index (χ3v) is 4.32. The number of rotatable bonds is 3. The van der Waals surface area contributed by atoms with E-state index in [1.165, 1.54) is 0 Å². The van der Waals surface area contributed by atoms with E-state index in [0.717, 1.165) is 63.6 Å². The monoisotopic (exact) mass is 278 g/mol. The predicted octanol–water partition coefficient (Wildman–Crippen LogP) is 0.569. The van der Waals surface area contributed by atoms with Crippen LogP contribution in [0.2, 0.25) is 0 Å². The Bertz CT molecular complexity index is 506. The highest BCUT2D eigenvalue weighted by Gasteiger charge is 2.27. The van der Waals surface area contributed by atoms with Crippen molar-refractivity contribution in [2.75, 3.05) is 26.2 Å². The van der Waals surface area contributed by atoms with Crippen molar-refractivity contribution >= 4 is 5.97 Å². The lowest BCUT2D eigenvalue weighted by Gasteiger charge is -2.28. The third kappa shape index (κ3) is 2.58. The summed E-state index contributed by atoms with van der Waals surface area (Å²) in [7, 11) is 0. The Morgan fingerprint density at radius 1 is 1.40 bits per heavy atom. The second-order valence-electron chi connectivity index (χ2n) is 5.90. The first-order valence-electron chi connectivity index (χ1n) is 7.40. The molecule has 6 heteroatoms. The Kier molecular flexibility index (Phi) is 3.76. The summed E-state index contributed by atoms with van der Waals surface area (Å²) in [5, 5.41) is 12.7. The van der Waals surface area contributed by atoms with E-state index in [1.54, 1.807) is 0 Å². The fourth-order valence-corrected chi connectivity index (χ4v) is 3.15. The van der Waals surface area contributed by atoms with Crippen LogP contribution in [0, 0.1) is 5.92 Å². The van der Waals surface area contributed by atoms with E-state index in [-0.39, 0.29) is 5.69 Å². The summed E-state index contributed by atoms with van der Waals surface area (Å²) >= 11 is 0. The highest BCUT2D eigenvalue weighted by atomic mass is 16.4. The summed E-state index contributed by atoms with van der Waals surface area (Å²) < 4.78 is 2.14. The van der Waals surface area contributed by atoms with Crippen molar-refractivity contribution in [2.45, 2.75) is 32.9 Å². The van der Waals surface area contributed by atoms with Gasteiger partial charge in [0.05, 0.1) is 12.2 Å². The molecule has 20 heavy (non-hydrogen) atoms. The molecule has 1 aromatic heterocycles. The number of carboxylic acid groups (broad SMARTS) is 1. The highest BCUT2D eigenvalue weighted by Crippen LogP contribution is 2.25. The van der Waals surface area contributed by atoms with Gasteiger partial charge in [-0.15, -0.1) is 0 Å². The van der Waals surface area contributed by atoms with Gasteiger partial charge in [0, 0.05) is 32.7 Å². The third-order valence-electron chi connectivity index (χ3n) is 4.32. The number of carbonyl (C=O) groups is 1. The van der Waals surface area contributed by atoms with Gasteiger partial charge < -0.3 is 15.0 Å². The number of imidazole rings is 1. The van der Waals surface area contributed by atoms with E-state index in [0.29, 0.717) is 5.92 Å². The van der Waals surface area contributed by atoms with Crippen LogP contribution in [0.5, 0.6) is 0 Å². The van der Waals surface area contributed by atoms with Crippen LogP contribution in [-0.2, 0) is 19.5 Å². The summed E-state index contributed by atoms with van der Waals surface area (Å²) in [5.41, 5.74) is 1.18. The van der Waals surface area contributed by atoms with Crippen LogP contribution >= 0.6 is 0 Å². The van der Waals surface area contributed by atoms with Crippen molar-refractivity contribution in [3.05, 3.63) is 17.2 Å². The van der Waals surface area contributed by atoms with Crippen molar-refractivity contribution < 1.29 is 9.90 Å². The largest absolute Gasteiger partial charge is 0.476 e.